The highest BCUT2D eigenvalue weighted by atomic mass is 32.2. The van der Waals surface area contributed by atoms with Crippen LogP contribution in [-0.2, 0) is 19.0 Å². The summed E-state index contributed by atoms with van der Waals surface area (Å²) in [6.45, 7) is 1.97. The number of nitrogens with one attached hydrogen (secondary N) is 1. The molecule has 0 spiro atoms. The van der Waals surface area contributed by atoms with E-state index in [2.05, 4.69) is 14.2 Å². The van der Waals surface area contributed by atoms with Gasteiger partial charge in [-0.05, 0) is 6.92 Å². The van der Waals surface area contributed by atoms with E-state index in [-0.39, 0.29) is 19.8 Å². The van der Waals surface area contributed by atoms with E-state index in [1.54, 1.807) is 6.92 Å². The van der Waals surface area contributed by atoms with Crippen LogP contribution in [-0.4, -0.2) is 40.5 Å². The highest BCUT2D eigenvalue weighted by Gasteiger charge is 2.02. The summed E-state index contributed by atoms with van der Waals surface area (Å²) in [6, 6.07) is 0. The molecule has 0 unspecified atom stereocenters. The predicted molar refractivity (Wildman–Crippen MR) is 45.8 cm³/mol. The average Bonchev–Trinajstić information content (AvgIpc) is 1.97. The van der Waals surface area contributed by atoms with Crippen LogP contribution in [0.1, 0.15) is 6.92 Å². The maximum atomic E-state index is 10.6. The zero-order valence-electron chi connectivity index (χ0n) is 7.57. The summed E-state index contributed by atoms with van der Waals surface area (Å²) in [7, 11) is -3.43. The molecular weight excluding hydrogens is 198 g/mol. The second-order valence-electron chi connectivity index (χ2n) is 2.17. The molecule has 1 amide bonds. The third-order valence-corrected chi connectivity index (χ3v) is 1.54. The number of carbonyl (C=O) groups excluding carboxylic acids is 1. The molecule has 0 aromatic rings. The molecule has 0 fully saturated rings. The second kappa shape index (κ2) is 5.76. The largest absolute Gasteiger partial charge is 0.450 e. The molecule has 0 heterocycles. The lowest BCUT2D eigenvalue weighted by molar-refractivity contribution is 0.150. The van der Waals surface area contributed by atoms with Gasteiger partial charge in [0.1, 0.15) is 0 Å². The molecule has 0 rings (SSSR count). The number of amides is 1. The van der Waals surface area contributed by atoms with Gasteiger partial charge in [-0.3, -0.25) is 4.18 Å². The molecule has 0 aliphatic rings. The van der Waals surface area contributed by atoms with E-state index in [4.69, 9.17) is 0 Å². The Labute approximate surface area is 77.3 Å². The highest BCUT2D eigenvalue weighted by molar-refractivity contribution is 7.85. The summed E-state index contributed by atoms with van der Waals surface area (Å²) in [6.07, 6.45) is 0.358. The molecule has 0 aromatic heterocycles. The van der Waals surface area contributed by atoms with Crippen molar-refractivity contribution in [3.05, 3.63) is 0 Å². The normalized spacial score (nSPS) is 10.9. The first-order chi connectivity index (χ1) is 5.95. The van der Waals surface area contributed by atoms with Gasteiger partial charge < -0.3 is 10.1 Å². The van der Waals surface area contributed by atoms with Crippen molar-refractivity contribution in [2.45, 2.75) is 6.92 Å². The van der Waals surface area contributed by atoms with E-state index < -0.39 is 16.2 Å². The molecule has 13 heavy (non-hydrogen) atoms. The molecule has 0 bridgehead atoms. The fraction of sp³-hybridized carbons (Fsp3) is 0.833. The van der Waals surface area contributed by atoms with Crippen LogP contribution in [0.4, 0.5) is 4.79 Å². The van der Waals surface area contributed by atoms with Crippen LogP contribution in [0.3, 0.4) is 0 Å². The molecule has 0 saturated carbocycles. The minimum Gasteiger partial charge on any atom is -0.450 e. The molecule has 7 heteroatoms. The van der Waals surface area contributed by atoms with Crippen molar-refractivity contribution < 1.29 is 22.1 Å². The van der Waals surface area contributed by atoms with Gasteiger partial charge in [-0.1, -0.05) is 0 Å². The molecule has 1 N–H and O–H groups in total. The molecule has 0 saturated heterocycles. The lowest BCUT2D eigenvalue weighted by atomic mass is 10.7. The summed E-state index contributed by atoms with van der Waals surface area (Å²) < 4.78 is 29.7. The number of rotatable bonds is 5. The highest BCUT2D eigenvalue weighted by Crippen LogP contribution is 1.84. The van der Waals surface area contributed by atoms with E-state index in [0.717, 1.165) is 6.26 Å². The van der Waals surface area contributed by atoms with E-state index in [1.165, 1.54) is 0 Å². The van der Waals surface area contributed by atoms with Crippen molar-refractivity contribution in [3.8, 4) is 0 Å². The van der Waals surface area contributed by atoms with Gasteiger partial charge in [-0.25, -0.2) is 4.79 Å². The summed E-state index contributed by atoms with van der Waals surface area (Å²) in [5.74, 6) is 0. The quantitative estimate of drug-likeness (QED) is 0.499. The van der Waals surface area contributed by atoms with Crippen molar-refractivity contribution in [1.82, 2.24) is 5.32 Å². The van der Waals surface area contributed by atoms with Gasteiger partial charge in [0, 0.05) is 6.54 Å². The van der Waals surface area contributed by atoms with Gasteiger partial charge in [-0.15, -0.1) is 0 Å². The predicted octanol–water partition coefficient (Wildman–Crippen LogP) is -0.291. The maximum absolute atomic E-state index is 10.6. The Balaban J connectivity index is 3.41. The summed E-state index contributed by atoms with van der Waals surface area (Å²) in [5.41, 5.74) is 0. The third-order valence-electron chi connectivity index (χ3n) is 0.944. The summed E-state index contributed by atoms with van der Waals surface area (Å²) in [4.78, 5) is 10.6. The maximum Gasteiger partial charge on any atom is 0.407 e. The van der Waals surface area contributed by atoms with Crippen LogP contribution >= 0.6 is 0 Å². The number of carbonyl (C=O) groups is 1. The molecule has 0 radical (unpaired) electrons. The van der Waals surface area contributed by atoms with Crippen molar-refractivity contribution in [2.75, 3.05) is 26.0 Å². The first kappa shape index (κ1) is 12.2. The van der Waals surface area contributed by atoms with Crippen LogP contribution in [0.15, 0.2) is 0 Å². The van der Waals surface area contributed by atoms with Gasteiger partial charge in [0.05, 0.1) is 19.5 Å². The number of hydrogen-bond acceptors (Lipinski definition) is 5. The molecular formula is C6H13NO5S. The SMILES string of the molecule is CCOC(=O)NCCOS(C)(=O)=O. The summed E-state index contributed by atoms with van der Waals surface area (Å²) in [5, 5.41) is 2.31. The fourth-order valence-electron chi connectivity index (χ4n) is 0.528. The van der Waals surface area contributed by atoms with Crippen LogP contribution in [0.25, 0.3) is 0 Å². The Morgan fingerprint density at radius 1 is 1.46 bits per heavy atom. The number of alkyl carbamates (subject to hydrolysis) is 1. The first-order valence-electron chi connectivity index (χ1n) is 3.70. The monoisotopic (exact) mass is 211 g/mol. The molecule has 78 valence electrons. The van der Waals surface area contributed by atoms with Gasteiger partial charge in [-0.2, -0.15) is 8.42 Å². The van der Waals surface area contributed by atoms with Crippen molar-refractivity contribution >= 4 is 16.2 Å². The average molecular weight is 211 g/mol. The van der Waals surface area contributed by atoms with Crippen molar-refractivity contribution in [1.29, 1.82) is 0 Å². The van der Waals surface area contributed by atoms with Gasteiger partial charge in [0.15, 0.2) is 0 Å². The Hall–Kier alpha value is -0.820. The van der Waals surface area contributed by atoms with E-state index in [0.29, 0.717) is 0 Å². The minimum absolute atomic E-state index is 0.0857. The van der Waals surface area contributed by atoms with E-state index >= 15 is 0 Å². The van der Waals surface area contributed by atoms with Crippen molar-refractivity contribution in [3.63, 3.8) is 0 Å². The Morgan fingerprint density at radius 2 is 2.08 bits per heavy atom. The second-order valence-corrected chi connectivity index (χ2v) is 3.82. The number of ether oxygens (including phenoxy) is 1. The standard InChI is InChI=1S/C6H13NO5S/c1-3-11-6(8)7-4-5-12-13(2,9)10/h3-5H2,1-2H3,(H,7,8). The van der Waals surface area contributed by atoms with E-state index in [9.17, 15) is 13.2 Å². The Kier molecular flexibility index (Phi) is 5.40. The van der Waals surface area contributed by atoms with Crippen LogP contribution in [0, 0.1) is 0 Å². The third kappa shape index (κ3) is 9.09. The smallest absolute Gasteiger partial charge is 0.407 e. The topological polar surface area (TPSA) is 81.7 Å². The molecule has 0 aromatic carbocycles. The Bertz CT molecular complexity index is 248. The van der Waals surface area contributed by atoms with E-state index in [1.807, 2.05) is 0 Å². The Morgan fingerprint density at radius 3 is 2.54 bits per heavy atom. The zero-order valence-corrected chi connectivity index (χ0v) is 8.39. The minimum atomic E-state index is -3.43. The van der Waals surface area contributed by atoms with Crippen LogP contribution in [0.5, 0.6) is 0 Å². The first-order valence-corrected chi connectivity index (χ1v) is 5.52. The lowest BCUT2D eigenvalue weighted by Gasteiger charge is -2.04. The molecule has 0 atom stereocenters. The van der Waals surface area contributed by atoms with Crippen LogP contribution < -0.4 is 5.32 Å². The van der Waals surface area contributed by atoms with Crippen molar-refractivity contribution in [2.24, 2.45) is 0 Å². The van der Waals surface area contributed by atoms with Crippen LogP contribution in [0.2, 0.25) is 0 Å². The molecule has 0 aliphatic carbocycles. The fourth-order valence-corrected chi connectivity index (χ4v) is 0.914. The van der Waals surface area contributed by atoms with Gasteiger partial charge in [0.25, 0.3) is 10.1 Å². The van der Waals surface area contributed by atoms with Gasteiger partial charge in [0.2, 0.25) is 0 Å². The zero-order chi connectivity index (χ0) is 10.3. The molecule has 0 aliphatic heterocycles. The number of hydrogen-bond donors (Lipinski definition) is 1. The summed E-state index contributed by atoms with van der Waals surface area (Å²) >= 11 is 0. The molecule has 6 nitrogen and oxygen atoms in total. The van der Waals surface area contributed by atoms with Gasteiger partial charge >= 0.3 is 6.09 Å². The lowest BCUT2D eigenvalue weighted by Crippen LogP contribution is -2.28.